The summed E-state index contributed by atoms with van der Waals surface area (Å²) < 4.78 is 33.8. The lowest BCUT2D eigenvalue weighted by Crippen LogP contribution is -2.31. The Morgan fingerprint density at radius 2 is 1.79 bits per heavy atom. The molecule has 2 heterocycles. The standard InChI is InChI=1S/C14H24N6O3S/c1-7-19(8-2)24(21,22)13-10(3)16-20(11(13)4)9-12-15-14(17-23-12)18(5)6/h7-9H2,1-6H3. The molecular weight excluding hydrogens is 332 g/mol. The Morgan fingerprint density at radius 1 is 1.17 bits per heavy atom. The van der Waals surface area contributed by atoms with E-state index in [1.807, 2.05) is 27.9 Å². The van der Waals surface area contributed by atoms with Crippen LogP contribution in [0.5, 0.6) is 0 Å². The van der Waals surface area contributed by atoms with E-state index in [0.717, 1.165) is 0 Å². The second-order valence-electron chi connectivity index (χ2n) is 5.63. The first-order valence-corrected chi connectivity index (χ1v) is 9.20. The summed E-state index contributed by atoms with van der Waals surface area (Å²) in [5.41, 5.74) is 1.02. The number of anilines is 1. The number of rotatable bonds is 7. The van der Waals surface area contributed by atoms with Crippen LogP contribution in [0.4, 0.5) is 5.95 Å². The monoisotopic (exact) mass is 356 g/mol. The van der Waals surface area contributed by atoms with E-state index in [9.17, 15) is 8.42 Å². The van der Waals surface area contributed by atoms with Crippen molar-refractivity contribution in [1.29, 1.82) is 0 Å². The lowest BCUT2D eigenvalue weighted by molar-refractivity contribution is 0.364. The number of hydrogen-bond donors (Lipinski definition) is 0. The maximum absolute atomic E-state index is 12.8. The SMILES string of the molecule is CCN(CC)S(=O)(=O)c1c(C)nn(Cc2nc(N(C)C)no2)c1C. The van der Waals surface area contributed by atoms with Crippen molar-refractivity contribution in [2.45, 2.75) is 39.1 Å². The second-order valence-corrected chi connectivity index (χ2v) is 7.50. The summed E-state index contributed by atoms with van der Waals surface area (Å²) in [5.74, 6) is 0.832. The summed E-state index contributed by atoms with van der Waals surface area (Å²) in [6.07, 6.45) is 0. The van der Waals surface area contributed by atoms with Crippen molar-refractivity contribution in [2.24, 2.45) is 0 Å². The molecule has 10 heteroatoms. The molecule has 134 valence electrons. The van der Waals surface area contributed by atoms with Gasteiger partial charge in [-0.15, -0.1) is 0 Å². The highest BCUT2D eigenvalue weighted by Crippen LogP contribution is 2.24. The molecule has 0 bridgehead atoms. The highest BCUT2D eigenvalue weighted by molar-refractivity contribution is 7.89. The molecule has 0 spiro atoms. The summed E-state index contributed by atoms with van der Waals surface area (Å²) in [6.45, 7) is 8.12. The minimum Gasteiger partial charge on any atom is -0.344 e. The van der Waals surface area contributed by atoms with Gasteiger partial charge >= 0.3 is 0 Å². The van der Waals surface area contributed by atoms with Crippen molar-refractivity contribution >= 4 is 16.0 Å². The van der Waals surface area contributed by atoms with Crippen molar-refractivity contribution in [2.75, 3.05) is 32.1 Å². The van der Waals surface area contributed by atoms with Gasteiger partial charge in [0.2, 0.25) is 15.9 Å². The minimum atomic E-state index is -3.57. The quantitative estimate of drug-likeness (QED) is 0.731. The van der Waals surface area contributed by atoms with Gasteiger partial charge in [0, 0.05) is 27.2 Å². The Kier molecular flexibility index (Phi) is 5.29. The molecular formula is C14H24N6O3S. The van der Waals surface area contributed by atoms with Crippen LogP contribution in [0.15, 0.2) is 9.42 Å². The van der Waals surface area contributed by atoms with Gasteiger partial charge in [-0.25, -0.2) is 8.42 Å². The number of nitrogens with zero attached hydrogens (tertiary/aromatic N) is 6. The Labute approximate surface area is 142 Å². The Bertz CT molecular complexity index is 805. The van der Waals surface area contributed by atoms with Crippen LogP contribution < -0.4 is 4.90 Å². The van der Waals surface area contributed by atoms with Gasteiger partial charge in [-0.05, 0) is 19.0 Å². The van der Waals surface area contributed by atoms with Gasteiger partial charge in [0.05, 0.1) is 11.4 Å². The van der Waals surface area contributed by atoms with E-state index in [4.69, 9.17) is 4.52 Å². The molecule has 2 aromatic rings. The van der Waals surface area contributed by atoms with Gasteiger partial charge < -0.3 is 9.42 Å². The van der Waals surface area contributed by atoms with Crippen LogP contribution in [0.25, 0.3) is 0 Å². The molecule has 0 amide bonds. The van der Waals surface area contributed by atoms with E-state index in [0.29, 0.717) is 36.3 Å². The summed E-state index contributed by atoms with van der Waals surface area (Å²) in [5, 5.41) is 8.19. The summed E-state index contributed by atoms with van der Waals surface area (Å²) in [6, 6.07) is 0. The molecule has 0 saturated heterocycles. The van der Waals surface area contributed by atoms with E-state index in [1.54, 1.807) is 23.4 Å². The van der Waals surface area contributed by atoms with Gasteiger partial charge in [0.25, 0.3) is 5.95 Å². The van der Waals surface area contributed by atoms with Gasteiger partial charge in [-0.3, -0.25) is 4.68 Å². The van der Waals surface area contributed by atoms with Crippen molar-refractivity contribution in [3.8, 4) is 0 Å². The third kappa shape index (κ3) is 3.29. The number of hydrogen-bond acceptors (Lipinski definition) is 7. The van der Waals surface area contributed by atoms with Crippen LogP contribution in [0, 0.1) is 13.8 Å². The highest BCUT2D eigenvalue weighted by Gasteiger charge is 2.29. The van der Waals surface area contributed by atoms with E-state index in [-0.39, 0.29) is 11.4 Å². The predicted octanol–water partition coefficient (Wildman–Crippen LogP) is 1.03. The Hall–Kier alpha value is -1.94. The van der Waals surface area contributed by atoms with Crippen LogP contribution in [-0.2, 0) is 16.6 Å². The van der Waals surface area contributed by atoms with E-state index < -0.39 is 10.0 Å². The summed E-state index contributed by atoms with van der Waals surface area (Å²) >= 11 is 0. The topological polar surface area (TPSA) is 97.4 Å². The summed E-state index contributed by atoms with van der Waals surface area (Å²) in [4.78, 5) is 6.22. The minimum absolute atomic E-state index is 0.223. The van der Waals surface area contributed by atoms with Crippen molar-refractivity contribution in [3.63, 3.8) is 0 Å². The first-order valence-electron chi connectivity index (χ1n) is 7.76. The fourth-order valence-electron chi connectivity index (χ4n) is 2.52. The van der Waals surface area contributed by atoms with Gasteiger partial charge in [-0.2, -0.15) is 14.4 Å². The fourth-order valence-corrected chi connectivity index (χ4v) is 4.35. The molecule has 0 radical (unpaired) electrons. The van der Waals surface area contributed by atoms with E-state index >= 15 is 0 Å². The number of aryl methyl sites for hydroxylation is 1. The van der Waals surface area contributed by atoms with Crippen molar-refractivity contribution in [3.05, 3.63) is 17.3 Å². The average Bonchev–Trinajstić information content (AvgIpc) is 3.06. The van der Waals surface area contributed by atoms with Gasteiger partial charge in [0.1, 0.15) is 11.4 Å². The van der Waals surface area contributed by atoms with Crippen LogP contribution in [-0.4, -0.2) is 59.8 Å². The van der Waals surface area contributed by atoms with Crippen LogP contribution in [0.1, 0.15) is 31.1 Å². The average molecular weight is 356 g/mol. The zero-order chi connectivity index (χ0) is 18.1. The van der Waals surface area contributed by atoms with E-state index in [1.165, 1.54) is 4.31 Å². The highest BCUT2D eigenvalue weighted by atomic mass is 32.2. The molecule has 0 saturated carbocycles. The Morgan fingerprint density at radius 3 is 2.29 bits per heavy atom. The molecule has 24 heavy (non-hydrogen) atoms. The smallest absolute Gasteiger partial charge is 0.265 e. The molecule has 0 N–H and O–H groups in total. The largest absolute Gasteiger partial charge is 0.344 e. The van der Waals surface area contributed by atoms with Gasteiger partial charge in [0.15, 0.2) is 0 Å². The molecule has 0 aliphatic rings. The van der Waals surface area contributed by atoms with Crippen molar-refractivity contribution < 1.29 is 12.9 Å². The molecule has 2 aromatic heterocycles. The van der Waals surface area contributed by atoms with Crippen LogP contribution >= 0.6 is 0 Å². The molecule has 0 atom stereocenters. The first-order chi connectivity index (χ1) is 11.2. The summed E-state index contributed by atoms with van der Waals surface area (Å²) in [7, 11) is 0.0573. The molecule has 0 fully saturated rings. The number of sulfonamides is 1. The third-order valence-electron chi connectivity index (χ3n) is 3.76. The lowest BCUT2D eigenvalue weighted by Gasteiger charge is -2.18. The molecule has 0 aromatic carbocycles. The zero-order valence-corrected chi connectivity index (χ0v) is 15.8. The van der Waals surface area contributed by atoms with Gasteiger partial charge in [-0.1, -0.05) is 13.8 Å². The first kappa shape index (κ1) is 18.4. The third-order valence-corrected chi connectivity index (χ3v) is 6.06. The fraction of sp³-hybridized carbons (Fsp3) is 0.643. The normalized spacial score (nSPS) is 12.1. The van der Waals surface area contributed by atoms with Crippen LogP contribution in [0.3, 0.4) is 0 Å². The Balaban J connectivity index is 2.38. The lowest BCUT2D eigenvalue weighted by atomic mass is 10.4. The molecule has 0 unspecified atom stereocenters. The maximum atomic E-state index is 12.8. The molecule has 0 aliphatic carbocycles. The second kappa shape index (κ2) is 6.89. The van der Waals surface area contributed by atoms with E-state index in [2.05, 4.69) is 15.2 Å². The maximum Gasteiger partial charge on any atom is 0.265 e. The predicted molar refractivity (Wildman–Crippen MR) is 89.5 cm³/mol. The van der Waals surface area contributed by atoms with Crippen molar-refractivity contribution in [1.82, 2.24) is 24.2 Å². The zero-order valence-electron chi connectivity index (χ0n) is 14.9. The number of aromatic nitrogens is 4. The molecule has 9 nitrogen and oxygen atoms in total. The molecule has 2 rings (SSSR count). The molecule has 0 aliphatic heterocycles. The van der Waals surface area contributed by atoms with Crippen LogP contribution in [0.2, 0.25) is 0 Å².